The van der Waals surface area contributed by atoms with Gasteiger partial charge in [-0.15, -0.1) is 0 Å². The Morgan fingerprint density at radius 2 is 2.31 bits per heavy atom. The third kappa shape index (κ3) is 4.39. The first-order valence-electron chi connectivity index (χ1n) is 4.33. The monoisotopic (exact) mass is 250 g/mol. The van der Waals surface area contributed by atoms with Crippen molar-refractivity contribution in [2.45, 2.75) is 13.3 Å². The molecule has 0 aliphatic heterocycles. The van der Waals surface area contributed by atoms with Gasteiger partial charge in [0, 0.05) is 18.7 Å². The number of anilines is 1. The molecule has 1 amide bonds. The summed E-state index contributed by atoms with van der Waals surface area (Å²) >= 11 is 5.62. The quantitative estimate of drug-likeness (QED) is 0.835. The van der Waals surface area contributed by atoms with Gasteiger partial charge in [0.05, 0.1) is 0 Å². The van der Waals surface area contributed by atoms with Gasteiger partial charge >= 0.3 is 0 Å². The third-order valence-electron chi connectivity index (χ3n) is 1.45. The lowest BCUT2D eigenvalue weighted by atomic mass is 10.4. The molecule has 0 aliphatic rings. The van der Waals surface area contributed by atoms with Gasteiger partial charge in [0.2, 0.25) is 11.8 Å². The number of carbonyl (C=O) groups is 1. The zero-order chi connectivity index (χ0) is 12.1. The fourth-order valence-corrected chi connectivity index (χ4v) is 1.17. The number of carbonyl (C=O) groups excluding carboxylic acids is 1. The molecule has 1 rings (SSSR count). The second-order valence-corrected chi connectivity index (χ2v) is 3.29. The number of aromatic nitrogens is 1. The van der Waals surface area contributed by atoms with Crippen LogP contribution in [0.5, 0.6) is 5.88 Å². The number of nitrogens with zero attached hydrogens (tertiary/aromatic N) is 1. The molecule has 0 aliphatic carbocycles. The Kier molecular flexibility index (Phi) is 4.42. The van der Waals surface area contributed by atoms with Crippen LogP contribution >= 0.6 is 11.6 Å². The SMILES string of the molecule is CC(=O)Nc1cc(Cl)nc(OCC(F)F)c1. The summed E-state index contributed by atoms with van der Waals surface area (Å²) in [5, 5.41) is 2.49. The highest BCUT2D eigenvalue weighted by Gasteiger charge is 2.07. The molecule has 1 aromatic rings. The highest BCUT2D eigenvalue weighted by molar-refractivity contribution is 6.29. The van der Waals surface area contributed by atoms with Crippen molar-refractivity contribution in [2.75, 3.05) is 11.9 Å². The Hall–Kier alpha value is -1.43. The zero-order valence-corrected chi connectivity index (χ0v) is 9.09. The van der Waals surface area contributed by atoms with E-state index in [1.807, 2.05) is 0 Å². The summed E-state index contributed by atoms with van der Waals surface area (Å²) in [7, 11) is 0. The summed E-state index contributed by atoms with van der Waals surface area (Å²) in [4.78, 5) is 14.4. The van der Waals surface area contributed by atoms with Crippen LogP contribution in [0.1, 0.15) is 6.92 Å². The van der Waals surface area contributed by atoms with Crippen LogP contribution in [0.3, 0.4) is 0 Å². The minimum absolute atomic E-state index is 0.0514. The molecule has 4 nitrogen and oxygen atoms in total. The van der Waals surface area contributed by atoms with Crippen molar-refractivity contribution in [2.24, 2.45) is 0 Å². The first-order valence-corrected chi connectivity index (χ1v) is 4.71. The maximum Gasteiger partial charge on any atom is 0.272 e. The Morgan fingerprint density at radius 3 is 2.88 bits per heavy atom. The fourth-order valence-electron chi connectivity index (χ4n) is 0.971. The highest BCUT2D eigenvalue weighted by atomic mass is 35.5. The molecule has 0 radical (unpaired) electrons. The van der Waals surface area contributed by atoms with Crippen LogP contribution in [-0.4, -0.2) is 23.9 Å². The number of nitrogens with one attached hydrogen (secondary N) is 1. The van der Waals surface area contributed by atoms with Gasteiger partial charge in [0.15, 0.2) is 6.61 Å². The van der Waals surface area contributed by atoms with Crippen molar-refractivity contribution in [3.63, 3.8) is 0 Å². The van der Waals surface area contributed by atoms with Crippen LogP contribution in [0.25, 0.3) is 0 Å². The number of ether oxygens (including phenoxy) is 1. The van der Waals surface area contributed by atoms with Crippen LogP contribution in [0.2, 0.25) is 5.15 Å². The van der Waals surface area contributed by atoms with Crippen molar-refractivity contribution in [3.8, 4) is 5.88 Å². The van der Waals surface area contributed by atoms with E-state index in [4.69, 9.17) is 11.6 Å². The van der Waals surface area contributed by atoms with Crippen LogP contribution in [0.15, 0.2) is 12.1 Å². The Morgan fingerprint density at radius 1 is 1.62 bits per heavy atom. The lowest BCUT2D eigenvalue weighted by molar-refractivity contribution is -0.114. The van der Waals surface area contributed by atoms with E-state index in [1.165, 1.54) is 19.1 Å². The Balaban J connectivity index is 2.77. The maximum atomic E-state index is 11.9. The average Bonchev–Trinajstić information content (AvgIpc) is 2.12. The number of hydrogen-bond donors (Lipinski definition) is 1. The first kappa shape index (κ1) is 12.6. The molecule has 1 heterocycles. The number of alkyl halides is 2. The van der Waals surface area contributed by atoms with Crippen LogP contribution in [-0.2, 0) is 4.79 Å². The normalized spacial score (nSPS) is 10.3. The number of hydrogen-bond acceptors (Lipinski definition) is 3. The highest BCUT2D eigenvalue weighted by Crippen LogP contribution is 2.20. The number of halogens is 3. The molecule has 0 saturated carbocycles. The second kappa shape index (κ2) is 5.60. The maximum absolute atomic E-state index is 11.9. The molecular formula is C9H9ClF2N2O2. The van der Waals surface area contributed by atoms with E-state index >= 15 is 0 Å². The van der Waals surface area contributed by atoms with Gasteiger partial charge in [-0.2, -0.15) is 0 Å². The van der Waals surface area contributed by atoms with Gasteiger partial charge in [-0.1, -0.05) is 11.6 Å². The van der Waals surface area contributed by atoms with Crippen molar-refractivity contribution in [1.82, 2.24) is 4.98 Å². The topological polar surface area (TPSA) is 51.2 Å². The van der Waals surface area contributed by atoms with E-state index in [1.54, 1.807) is 0 Å². The largest absolute Gasteiger partial charge is 0.471 e. The van der Waals surface area contributed by atoms with E-state index in [-0.39, 0.29) is 16.9 Å². The summed E-state index contributed by atoms with van der Waals surface area (Å²) in [6, 6.07) is 2.70. The number of pyridine rings is 1. The van der Waals surface area contributed by atoms with Crippen LogP contribution in [0.4, 0.5) is 14.5 Å². The molecule has 0 atom stereocenters. The van der Waals surface area contributed by atoms with E-state index in [0.717, 1.165) is 0 Å². The molecule has 0 aromatic carbocycles. The molecule has 1 N–H and O–H groups in total. The molecule has 1 aromatic heterocycles. The fraction of sp³-hybridized carbons (Fsp3) is 0.333. The van der Waals surface area contributed by atoms with E-state index < -0.39 is 13.0 Å². The van der Waals surface area contributed by atoms with Crippen molar-refractivity contribution >= 4 is 23.2 Å². The molecule has 0 spiro atoms. The first-order chi connectivity index (χ1) is 7.47. The number of rotatable bonds is 4. The summed E-state index contributed by atoms with van der Waals surface area (Å²) in [5.74, 6) is -0.362. The smallest absolute Gasteiger partial charge is 0.272 e. The van der Waals surface area contributed by atoms with Gasteiger partial charge in [0.25, 0.3) is 6.43 Å². The van der Waals surface area contributed by atoms with Crippen molar-refractivity contribution < 1.29 is 18.3 Å². The van der Waals surface area contributed by atoms with Gasteiger partial charge in [0.1, 0.15) is 5.15 Å². The lowest BCUT2D eigenvalue weighted by Gasteiger charge is -2.07. The molecule has 0 fully saturated rings. The summed E-state index contributed by atoms with van der Waals surface area (Å²) < 4.78 is 28.4. The van der Waals surface area contributed by atoms with Gasteiger partial charge in [-0.05, 0) is 6.07 Å². The predicted molar refractivity (Wildman–Crippen MR) is 55.0 cm³/mol. The summed E-state index contributed by atoms with van der Waals surface area (Å²) in [5.41, 5.74) is 0.344. The van der Waals surface area contributed by atoms with E-state index in [9.17, 15) is 13.6 Å². The van der Waals surface area contributed by atoms with E-state index in [2.05, 4.69) is 15.0 Å². The minimum atomic E-state index is -2.59. The number of amides is 1. The minimum Gasteiger partial charge on any atom is -0.471 e. The molecule has 0 bridgehead atoms. The molecular weight excluding hydrogens is 242 g/mol. The molecule has 0 saturated heterocycles. The van der Waals surface area contributed by atoms with E-state index in [0.29, 0.717) is 5.69 Å². The molecule has 7 heteroatoms. The predicted octanol–water partition coefficient (Wildman–Crippen LogP) is 2.34. The third-order valence-corrected chi connectivity index (χ3v) is 1.64. The zero-order valence-electron chi connectivity index (χ0n) is 8.34. The second-order valence-electron chi connectivity index (χ2n) is 2.90. The molecule has 0 unspecified atom stereocenters. The van der Waals surface area contributed by atoms with Crippen molar-refractivity contribution in [3.05, 3.63) is 17.3 Å². The van der Waals surface area contributed by atoms with Gasteiger partial charge in [-0.25, -0.2) is 13.8 Å². The molecule has 16 heavy (non-hydrogen) atoms. The summed E-state index contributed by atoms with van der Waals surface area (Å²) in [6.45, 7) is 0.543. The Labute approximate surface area is 95.6 Å². The average molecular weight is 251 g/mol. The standard InChI is InChI=1S/C9H9ClF2N2O2/c1-5(15)13-6-2-7(10)14-9(3-6)16-4-8(11)12/h2-3,8H,4H2,1H3,(H,13,14,15). The van der Waals surface area contributed by atoms with Crippen LogP contribution in [0, 0.1) is 0 Å². The molecule has 88 valence electrons. The van der Waals surface area contributed by atoms with Gasteiger partial charge in [-0.3, -0.25) is 4.79 Å². The van der Waals surface area contributed by atoms with Gasteiger partial charge < -0.3 is 10.1 Å². The van der Waals surface area contributed by atoms with Crippen molar-refractivity contribution in [1.29, 1.82) is 0 Å². The Bertz CT molecular complexity index is 388. The lowest BCUT2D eigenvalue weighted by Crippen LogP contribution is -2.10. The summed E-state index contributed by atoms with van der Waals surface area (Å²) in [6.07, 6.45) is -2.59. The van der Waals surface area contributed by atoms with Crippen LogP contribution < -0.4 is 10.1 Å².